The first-order valence-corrected chi connectivity index (χ1v) is 21.6. The molecule has 2 aromatic carbocycles. The molecule has 4 rings (SSSR count). The number of hydrogen-bond acceptors (Lipinski definition) is 4. The molecule has 0 N–H and O–H groups in total. The normalized spacial score (nSPS) is 18.9. The van der Waals surface area contributed by atoms with Crippen LogP contribution in [-0.2, 0) is 37.6 Å². The molecule has 2 saturated heterocycles. The van der Waals surface area contributed by atoms with Crippen LogP contribution in [0.2, 0.25) is 0 Å². The summed E-state index contributed by atoms with van der Waals surface area (Å²) in [5.74, 6) is 3.54. The molecule has 4 atom stereocenters. The molecule has 4 unspecified atom stereocenters. The fraction of sp³-hybridized carbons (Fsp3) is 0.755. The highest BCUT2D eigenvalue weighted by Gasteiger charge is 2.34. The predicted molar refractivity (Wildman–Crippen MR) is 225 cm³/mol. The van der Waals surface area contributed by atoms with E-state index in [9.17, 15) is 0 Å². The maximum Gasteiger partial charge on any atom is 0.126 e. The Labute approximate surface area is 326 Å². The van der Waals surface area contributed by atoms with E-state index in [0.717, 1.165) is 57.2 Å². The van der Waals surface area contributed by atoms with Crippen LogP contribution in [0.25, 0.3) is 0 Å². The van der Waals surface area contributed by atoms with Crippen molar-refractivity contribution in [3.05, 3.63) is 57.6 Å². The van der Waals surface area contributed by atoms with Crippen LogP contribution in [0, 0.1) is 11.8 Å². The Hall–Kier alpha value is -2.04. The Kier molecular flexibility index (Phi) is 15.1. The van der Waals surface area contributed by atoms with E-state index in [0.29, 0.717) is 24.0 Å². The highest BCUT2D eigenvalue weighted by Crippen LogP contribution is 2.44. The minimum atomic E-state index is -0.0527. The van der Waals surface area contributed by atoms with Crippen LogP contribution in [0.1, 0.15) is 195 Å². The number of hydrogen-bond donors (Lipinski definition) is 0. The van der Waals surface area contributed by atoms with Gasteiger partial charge in [0.2, 0.25) is 0 Å². The molecule has 0 aliphatic carbocycles. The van der Waals surface area contributed by atoms with Crippen molar-refractivity contribution in [2.24, 2.45) is 11.8 Å². The lowest BCUT2D eigenvalue weighted by molar-refractivity contribution is 0.251. The van der Waals surface area contributed by atoms with Gasteiger partial charge in [0.05, 0.1) is 38.6 Å². The third-order valence-corrected chi connectivity index (χ3v) is 11.5. The summed E-state index contributed by atoms with van der Waals surface area (Å²) in [5.41, 5.74) is 7.75. The first kappa shape index (κ1) is 43.7. The van der Waals surface area contributed by atoms with Crippen LogP contribution in [0.4, 0.5) is 0 Å². The van der Waals surface area contributed by atoms with Crippen molar-refractivity contribution in [3.63, 3.8) is 0 Å². The molecule has 4 heteroatoms. The van der Waals surface area contributed by atoms with Gasteiger partial charge in [-0.15, -0.1) is 0 Å². The lowest BCUT2D eigenvalue weighted by Crippen LogP contribution is -2.22. The lowest BCUT2D eigenvalue weighted by Gasteiger charge is -2.32. The van der Waals surface area contributed by atoms with E-state index in [4.69, 9.17) is 18.9 Å². The van der Waals surface area contributed by atoms with Crippen molar-refractivity contribution in [2.45, 2.75) is 201 Å². The van der Waals surface area contributed by atoms with Crippen molar-refractivity contribution in [1.29, 1.82) is 0 Å². The molecule has 2 heterocycles. The predicted octanol–water partition coefficient (Wildman–Crippen LogP) is 13.2. The Morgan fingerprint density at radius 1 is 0.509 bits per heavy atom. The molecule has 0 saturated carbocycles. The summed E-state index contributed by atoms with van der Waals surface area (Å²) in [5, 5.41) is 0. The first-order valence-electron chi connectivity index (χ1n) is 21.6. The largest absolute Gasteiger partial charge is 0.493 e. The second kappa shape index (κ2) is 18.3. The lowest BCUT2D eigenvalue weighted by atomic mass is 9.76. The molecule has 2 fully saturated rings. The summed E-state index contributed by atoms with van der Waals surface area (Å²) in [7, 11) is 0. The molecule has 2 aliphatic heterocycles. The smallest absolute Gasteiger partial charge is 0.126 e. The second-order valence-electron chi connectivity index (χ2n) is 20.7. The van der Waals surface area contributed by atoms with Gasteiger partial charge in [0, 0.05) is 22.3 Å². The van der Waals surface area contributed by atoms with Gasteiger partial charge in [-0.05, 0) is 89.6 Å². The van der Waals surface area contributed by atoms with Crippen LogP contribution in [0.3, 0.4) is 0 Å². The topological polar surface area (TPSA) is 43.5 Å². The van der Waals surface area contributed by atoms with Gasteiger partial charge in [0.15, 0.2) is 0 Å². The van der Waals surface area contributed by atoms with Crippen LogP contribution < -0.4 is 9.47 Å². The minimum Gasteiger partial charge on any atom is -0.493 e. The maximum atomic E-state index is 6.86. The third kappa shape index (κ3) is 13.0. The van der Waals surface area contributed by atoms with Gasteiger partial charge >= 0.3 is 0 Å². The van der Waals surface area contributed by atoms with Crippen molar-refractivity contribution in [3.8, 4) is 11.5 Å². The van der Waals surface area contributed by atoms with Crippen molar-refractivity contribution >= 4 is 0 Å². The first-order chi connectivity index (χ1) is 24.7. The third-order valence-electron chi connectivity index (χ3n) is 11.5. The van der Waals surface area contributed by atoms with E-state index in [-0.39, 0.29) is 21.7 Å². The van der Waals surface area contributed by atoms with E-state index < -0.39 is 0 Å². The van der Waals surface area contributed by atoms with Gasteiger partial charge in [-0.3, -0.25) is 0 Å². The summed E-state index contributed by atoms with van der Waals surface area (Å²) in [6.45, 7) is 36.0. The molecule has 300 valence electrons. The summed E-state index contributed by atoms with van der Waals surface area (Å²) >= 11 is 0. The monoisotopic (exact) mass is 733 g/mol. The highest BCUT2D eigenvalue weighted by atomic mass is 16.6. The number of ether oxygens (including phenoxy) is 4. The van der Waals surface area contributed by atoms with E-state index in [2.05, 4.69) is 121 Å². The molecule has 0 aromatic heterocycles. The fourth-order valence-electron chi connectivity index (χ4n) is 8.02. The Balaban J connectivity index is 1.62. The van der Waals surface area contributed by atoms with Crippen molar-refractivity contribution in [1.82, 2.24) is 0 Å². The molecule has 2 aliphatic rings. The summed E-state index contributed by atoms with van der Waals surface area (Å²) < 4.78 is 25.2. The van der Waals surface area contributed by atoms with Gasteiger partial charge in [-0.2, -0.15) is 0 Å². The minimum absolute atomic E-state index is 0.0527. The second-order valence-corrected chi connectivity index (χ2v) is 20.7. The van der Waals surface area contributed by atoms with E-state index >= 15 is 0 Å². The van der Waals surface area contributed by atoms with E-state index in [1.807, 2.05) is 0 Å². The fourth-order valence-corrected chi connectivity index (χ4v) is 8.02. The zero-order valence-corrected chi connectivity index (χ0v) is 36.9. The summed E-state index contributed by atoms with van der Waals surface area (Å²) in [6, 6.07) is 9.79. The maximum absolute atomic E-state index is 6.86. The zero-order chi connectivity index (χ0) is 39.2. The zero-order valence-electron chi connectivity index (χ0n) is 36.9. The van der Waals surface area contributed by atoms with Gasteiger partial charge in [0.25, 0.3) is 0 Å². The van der Waals surface area contributed by atoms with Gasteiger partial charge in [-0.25, -0.2) is 0 Å². The molecular formula is C49H80O4. The number of epoxide rings is 2. The number of unbranched alkanes of at least 4 members (excludes halogenated alkanes) is 2. The van der Waals surface area contributed by atoms with Gasteiger partial charge in [-0.1, -0.05) is 147 Å². The van der Waals surface area contributed by atoms with Gasteiger partial charge in [0.1, 0.15) is 11.5 Å². The molecule has 0 spiro atoms. The van der Waals surface area contributed by atoms with Gasteiger partial charge < -0.3 is 18.9 Å². The molecule has 0 amide bonds. The average Bonchev–Trinajstić information content (AvgIpc) is 3.97. The number of rotatable bonds is 20. The van der Waals surface area contributed by atoms with Crippen LogP contribution in [0.15, 0.2) is 24.3 Å². The van der Waals surface area contributed by atoms with E-state index in [1.54, 1.807) is 0 Å². The number of benzene rings is 2. The summed E-state index contributed by atoms with van der Waals surface area (Å²) in [4.78, 5) is 0. The molecule has 4 nitrogen and oxygen atoms in total. The quantitative estimate of drug-likeness (QED) is 0.100. The molecule has 2 aromatic rings. The molecule has 53 heavy (non-hydrogen) atoms. The average molecular weight is 733 g/mol. The molecule has 0 radical (unpaired) electrons. The Bertz CT molecular complexity index is 1260. The van der Waals surface area contributed by atoms with Crippen molar-refractivity contribution < 1.29 is 18.9 Å². The summed E-state index contributed by atoms with van der Waals surface area (Å²) in [6.07, 6.45) is 13.9. The van der Waals surface area contributed by atoms with Crippen LogP contribution >= 0.6 is 0 Å². The SMILES string of the molecule is CCCCC(CCCOc1c(C(C)(C)C)cc(Cc2cc(C(C)(C)C)c(OCCCC(CCCC)C3CO3)c(C(C)(C)C)c2)cc1C(C)(C)C)C1CO1. The Morgan fingerprint density at radius 3 is 1.04 bits per heavy atom. The van der Waals surface area contributed by atoms with E-state index in [1.165, 1.54) is 84.7 Å². The van der Waals surface area contributed by atoms with Crippen LogP contribution in [-0.4, -0.2) is 38.6 Å². The molecular weight excluding hydrogens is 653 g/mol. The van der Waals surface area contributed by atoms with Crippen molar-refractivity contribution in [2.75, 3.05) is 26.4 Å². The Morgan fingerprint density at radius 2 is 0.792 bits per heavy atom. The highest BCUT2D eigenvalue weighted by molar-refractivity contribution is 5.54. The van der Waals surface area contributed by atoms with Crippen LogP contribution in [0.5, 0.6) is 11.5 Å². The standard InChI is InChI=1S/C49H80O4/c1-15-17-21-36(42-32-52-42)23-19-25-50-44-38(46(3,4)5)28-34(29-39(44)47(6,7)8)27-35-30-40(48(9,10)11)45(41(31-35)49(12,13)14)51-26-20-24-37(22-18-16-2)43-33-53-43/h28-31,36-37,42-43H,15-27,32-33H2,1-14H3. The molecule has 0 bridgehead atoms.